The molecule has 4 rings (SSSR count). The molecule has 1 unspecified atom stereocenters. The van der Waals surface area contributed by atoms with Crippen LogP contribution in [0.2, 0.25) is 0 Å². The second-order valence-electron chi connectivity index (χ2n) is 6.28. The topological polar surface area (TPSA) is 87.3 Å². The molecule has 0 aliphatic carbocycles. The fourth-order valence-corrected chi connectivity index (χ4v) is 4.51. The second-order valence-corrected chi connectivity index (χ2v) is 8.88. The van der Waals surface area contributed by atoms with Gasteiger partial charge in [-0.05, 0) is 54.1 Å². The number of hydrogen-bond acceptors (Lipinski definition) is 4. The van der Waals surface area contributed by atoms with E-state index in [0.717, 1.165) is 4.47 Å². The van der Waals surface area contributed by atoms with Gasteiger partial charge in [0.2, 0.25) is 10.0 Å². The van der Waals surface area contributed by atoms with Gasteiger partial charge in [-0.3, -0.25) is 4.79 Å². The maximum Gasteiger partial charge on any atom is 0.255 e. The van der Waals surface area contributed by atoms with Crippen molar-refractivity contribution in [3.8, 4) is 0 Å². The van der Waals surface area contributed by atoms with E-state index in [2.05, 4.69) is 31.3 Å². The van der Waals surface area contributed by atoms with Crippen molar-refractivity contribution in [2.24, 2.45) is 0 Å². The first-order valence-corrected chi connectivity index (χ1v) is 10.7. The van der Waals surface area contributed by atoms with E-state index < -0.39 is 16.2 Å². The van der Waals surface area contributed by atoms with Crippen LogP contribution in [0.15, 0.2) is 82.2 Å². The van der Waals surface area contributed by atoms with E-state index in [4.69, 9.17) is 0 Å². The largest absolute Gasteiger partial charge is 0.364 e. The molecule has 0 fully saturated rings. The minimum atomic E-state index is -3.61. The number of carbonyl (C=O) groups is 1. The molecule has 8 heteroatoms. The molecule has 0 spiro atoms. The molecule has 1 amide bonds. The van der Waals surface area contributed by atoms with Gasteiger partial charge in [-0.2, -0.15) is 4.72 Å². The predicted molar refractivity (Wildman–Crippen MR) is 112 cm³/mol. The summed E-state index contributed by atoms with van der Waals surface area (Å²) in [5, 5.41) is 5.99. The van der Waals surface area contributed by atoms with E-state index in [9.17, 15) is 13.2 Å². The van der Waals surface area contributed by atoms with E-state index in [1.54, 1.807) is 60.7 Å². The Balaban J connectivity index is 1.52. The van der Waals surface area contributed by atoms with Gasteiger partial charge in [0.1, 0.15) is 11.1 Å². The zero-order valence-corrected chi connectivity index (χ0v) is 16.9. The molecule has 0 saturated heterocycles. The minimum absolute atomic E-state index is 0.219. The number of para-hydroxylation sites is 1. The molecule has 1 atom stereocenters. The minimum Gasteiger partial charge on any atom is -0.364 e. The first-order valence-electron chi connectivity index (χ1n) is 8.47. The summed E-state index contributed by atoms with van der Waals surface area (Å²) in [4.78, 5) is 12.6. The molecule has 28 heavy (non-hydrogen) atoms. The molecule has 3 aromatic rings. The molecule has 1 aliphatic heterocycles. The van der Waals surface area contributed by atoms with Crippen molar-refractivity contribution in [3.63, 3.8) is 0 Å². The third-order valence-electron chi connectivity index (χ3n) is 4.36. The van der Waals surface area contributed by atoms with Crippen molar-refractivity contribution in [1.29, 1.82) is 0 Å². The fourth-order valence-electron chi connectivity index (χ4n) is 2.94. The van der Waals surface area contributed by atoms with Crippen LogP contribution in [0.25, 0.3) is 0 Å². The van der Waals surface area contributed by atoms with E-state index in [1.165, 1.54) is 0 Å². The first kappa shape index (κ1) is 18.7. The van der Waals surface area contributed by atoms with Crippen LogP contribution in [-0.2, 0) is 10.0 Å². The average Bonchev–Trinajstić information content (AvgIpc) is 2.69. The normalized spacial score (nSPS) is 17.2. The van der Waals surface area contributed by atoms with Crippen LogP contribution in [0.5, 0.6) is 0 Å². The zero-order chi connectivity index (χ0) is 19.7. The van der Waals surface area contributed by atoms with Crippen molar-refractivity contribution >= 4 is 43.2 Å². The lowest BCUT2D eigenvalue weighted by Gasteiger charge is -2.28. The maximum absolute atomic E-state index is 12.4. The highest BCUT2D eigenvalue weighted by Gasteiger charge is 2.29. The Morgan fingerprint density at radius 2 is 1.61 bits per heavy atom. The molecule has 1 heterocycles. The summed E-state index contributed by atoms with van der Waals surface area (Å²) in [5.74, 6) is -0.239. The number of fused-ring (bicyclic) bond motifs is 1. The second kappa shape index (κ2) is 7.38. The van der Waals surface area contributed by atoms with Gasteiger partial charge in [0.25, 0.3) is 5.91 Å². The van der Waals surface area contributed by atoms with E-state index >= 15 is 0 Å². The van der Waals surface area contributed by atoms with Gasteiger partial charge < -0.3 is 10.6 Å². The van der Waals surface area contributed by atoms with Crippen LogP contribution in [0.4, 0.5) is 11.4 Å². The highest BCUT2D eigenvalue weighted by Crippen LogP contribution is 2.30. The Labute approximate surface area is 171 Å². The monoisotopic (exact) mass is 457 g/mol. The standard InChI is InChI=1S/C20H16BrN3O3S/c21-15-9-11-16(12-10-15)22-20(25)14-7-5-13(6-8-14)19-23-17-3-1-2-4-18(17)28(26,27)24-19/h1-12,19,23-24H,(H,22,25). The van der Waals surface area contributed by atoms with E-state index in [1.807, 2.05) is 12.1 Å². The smallest absolute Gasteiger partial charge is 0.255 e. The van der Waals surface area contributed by atoms with Crippen LogP contribution in [0.3, 0.4) is 0 Å². The van der Waals surface area contributed by atoms with Gasteiger partial charge >= 0.3 is 0 Å². The molecule has 6 nitrogen and oxygen atoms in total. The first-order chi connectivity index (χ1) is 13.4. The summed E-state index contributed by atoms with van der Waals surface area (Å²) >= 11 is 3.35. The predicted octanol–water partition coefficient (Wildman–Crippen LogP) is 4.10. The Kier molecular flexibility index (Phi) is 4.92. The Morgan fingerprint density at radius 3 is 2.32 bits per heavy atom. The highest BCUT2D eigenvalue weighted by molar-refractivity contribution is 9.10. The maximum atomic E-state index is 12.4. The van der Waals surface area contributed by atoms with Crippen molar-refractivity contribution < 1.29 is 13.2 Å². The zero-order valence-electron chi connectivity index (χ0n) is 14.5. The molecule has 142 valence electrons. The molecule has 1 aliphatic rings. The number of halogens is 1. The Hall–Kier alpha value is -2.68. The summed E-state index contributed by atoms with van der Waals surface area (Å²) in [6, 6.07) is 20.8. The van der Waals surface area contributed by atoms with Crippen molar-refractivity contribution in [1.82, 2.24) is 4.72 Å². The van der Waals surface area contributed by atoms with Gasteiger partial charge in [0, 0.05) is 15.7 Å². The van der Waals surface area contributed by atoms with Crippen molar-refractivity contribution in [3.05, 3.63) is 88.4 Å². The summed E-state index contributed by atoms with van der Waals surface area (Å²) in [7, 11) is -3.61. The number of nitrogens with one attached hydrogen (secondary N) is 3. The lowest BCUT2D eigenvalue weighted by molar-refractivity contribution is 0.102. The SMILES string of the molecule is O=C(Nc1ccc(Br)cc1)c1ccc(C2Nc3ccccc3S(=O)(=O)N2)cc1. The van der Waals surface area contributed by atoms with Crippen LogP contribution < -0.4 is 15.4 Å². The quantitative estimate of drug-likeness (QED) is 0.552. The molecule has 0 saturated carbocycles. The average molecular weight is 458 g/mol. The molecule has 0 aromatic heterocycles. The number of sulfonamides is 1. The third-order valence-corrected chi connectivity index (χ3v) is 6.37. The number of carbonyl (C=O) groups excluding carboxylic acids is 1. The van der Waals surface area contributed by atoms with Crippen LogP contribution in [0, 0.1) is 0 Å². The van der Waals surface area contributed by atoms with Gasteiger partial charge in [-0.25, -0.2) is 8.42 Å². The lowest BCUT2D eigenvalue weighted by atomic mass is 10.1. The van der Waals surface area contributed by atoms with Crippen molar-refractivity contribution in [2.45, 2.75) is 11.1 Å². The van der Waals surface area contributed by atoms with Crippen LogP contribution in [0.1, 0.15) is 22.1 Å². The number of hydrogen-bond donors (Lipinski definition) is 3. The van der Waals surface area contributed by atoms with Gasteiger partial charge in [0.15, 0.2) is 0 Å². The summed E-state index contributed by atoms with van der Waals surface area (Å²) in [6.45, 7) is 0. The Morgan fingerprint density at radius 1 is 0.929 bits per heavy atom. The fraction of sp³-hybridized carbons (Fsp3) is 0.0500. The molecular weight excluding hydrogens is 442 g/mol. The molecule has 0 bridgehead atoms. The van der Waals surface area contributed by atoms with Gasteiger partial charge in [0.05, 0.1) is 5.69 Å². The molecule has 0 radical (unpaired) electrons. The van der Waals surface area contributed by atoms with Crippen LogP contribution in [-0.4, -0.2) is 14.3 Å². The van der Waals surface area contributed by atoms with Gasteiger partial charge in [-0.15, -0.1) is 0 Å². The molecule has 3 aromatic carbocycles. The molecule has 3 N–H and O–H groups in total. The number of anilines is 2. The van der Waals surface area contributed by atoms with Gasteiger partial charge in [-0.1, -0.05) is 40.2 Å². The summed E-state index contributed by atoms with van der Waals surface area (Å²) in [6.07, 6.45) is -0.608. The van der Waals surface area contributed by atoms with Crippen LogP contribution >= 0.6 is 15.9 Å². The van der Waals surface area contributed by atoms with E-state index in [-0.39, 0.29) is 10.8 Å². The number of amides is 1. The Bertz CT molecular complexity index is 1130. The van der Waals surface area contributed by atoms with Crippen molar-refractivity contribution in [2.75, 3.05) is 10.6 Å². The third kappa shape index (κ3) is 3.80. The number of benzene rings is 3. The molecular formula is C20H16BrN3O3S. The highest BCUT2D eigenvalue weighted by atomic mass is 79.9. The number of rotatable bonds is 3. The summed E-state index contributed by atoms with van der Waals surface area (Å²) < 4.78 is 28.4. The summed E-state index contributed by atoms with van der Waals surface area (Å²) in [5.41, 5.74) is 2.42. The lowest BCUT2D eigenvalue weighted by Crippen LogP contribution is -2.38. The van der Waals surface area contributed by atoms with E-state index in [0.29, 0.717) is 22.5 Å².